The maximum absolute atomic E-state index is 5.87. The molecule has 2 heteroatoms. The topological polar surface area (TPSA) is 12.5 Å². The molecule has 0 spiro atoms. The summed E-state index contributed by atoms with van der Waals surface area (Å²) in [7, 11) is 4.17. The molecule has 0 N–H and O–H groups in total. The molecule has 0 aliphatic heterocycles. The summed E-state index contributed by atoms with van der Waals surface area (Å²) >= 11 is 0. The summed E-state index contributed by atoms with van der Waals surface area (Å²) in [6.07, 6.45) is 1.05. The fraction of sp³-hybridized carbons (Fsp3) is 0.375. The van der Waals surface area contributed by atoms with E-state index in [9.17, 15) is 0 Å². The number of aryl methyl sites for hydroxylation is 1. The molecule has 0 saturated carbocycles. The number of ether oxygens (including phenoxy) is 1. The molecule has 2 aromatic carbocycles. The van der Waals surface area contributed by atoms with E-state index in [0.29, 0.717) is 0 Å². The second kappa shape index (κ2) is 5.87. The molecule has 18 heavy (non-hydrogen) atoms. The lowest BCUT2D eigenvalue weighted by molar-refractivity contribution is 0.280. The van der Waals surface area contributed by atoms with E-state index in [2.05, 4.69) is 62.3 Å². The van der Waals surface area contributed by atoms with Crippen LogP contribution in [0.5, 0.6) is 5.75 Å². The Morgan fingerprint density at radius 2 is 1.72 bits per heavy atom. The van der Waals surface area contributed by atoms with E-state index in [0.717, 1.165) is 25.3 Å². The SMILES string of the molecule is Cc1cc2ccccc2cc1OCCCN(C)C. The van der Waals surface area contributed by atoms with Crippen molar-refractivity contribution in [1.82, 2.24) is 4.90 Å². The van der Waals surface area contributed by atoms with E-state index in [4.69, 9.17) is 4.74 Å². The molecule has 96 valence electrons. The van der Waals surface area contributed by atoms with Gasteiger partial charge in [0.1, 0.15) is 5.75 Å². The predicted octanol–water partition coefficient (Wildman–Crippen LogP) is 3.48. The van der Waals surface area contributed by atoms with Gasteiger partial charge in [0.15, 0.2) is 0 Å². The molecular formula is C16H21NO. The van der Waals surface area contributed by atoms with Crippen molar-refractivity contribution in [3.63, 3.8) is 0 Å². The number of rotatable bonds is 5. The number of hydrogen-bond donors (Lipinski definition) is 0. The van der Waals surface area contributed by atoms with Crippen LogP contribution in [-0.4, -0.2) is 32.1 Å². The summed E-state index contributed by atoms with van der Waals surface area (Å²) in [6.45, 7) is 3.94. The van der Waals surface area contributed by atoms with Crippen LogP contribution >= 0.6 is 0 Å². The first-order chi connectivity index (χ1) is 8.66. The van der Waals surface area contributed by atoms with Crippen LogP contribution in [-0.2, 0) is 0 Å². The third-order valence-electron chi connectivity index (χ3n) is 3.05. The van der Waals surface area contributed by atoms with Gasteiger partial charge < -0.3 is 9.64 Å². The normalized spacial score (nSPS) is 11.1. The summed E-state index contributed by atoms with van der Waals surface area (Å²) in [5.41, 5.74) is 1.21. The average molecular weight is 243 g/mol. The lowest BCUT2D eigenvalue weighted by atomic mass is 10.1. The van der Waals surface area contributed by atoms with Crippen LogP contribution in [0, 0.1) is 6.92 Å². The minimum Gasteiger partial charge on any atom is -0.493 e. The molecule has 2 aromatic rings. The van der Waals surface area contributed by atoms with Gasteiger partial charge in [0.25, 0.3) is 0 Å². The van der Waals surface area contributed by atoms with Gasteiger partial charge in [0.2, 0.25) is 0 Å². The van der Waals surface area contributed by atoms with Gasteiger partial charge in [-0.05, 0) is 55.9 Å². The van der Waals surface area contributed by atoms with Crippen molar-refractivity contribution in [2.75, 3.05) is 27.2 Å². The van der Waals surface area contributed by atoms with E-state index >= 15 is 0 Å². The van der Waals surface area contributed by atoms with Crippen molar-refractivity contribution < 1.29 is 4.74 Å². The molecule has 2 rings (SSSR count). The third-order valence-corrected chi connectivity index (χ3v) is 3.05. The van der Waals surface area contributed by atoms with Crippen molar-refractivity contribution in [2.45, 2.75) is 13.3 Å². The Balaban J connectivity index is 2.06. The quantitative estimate of drug-likeness (QED) is 0.745. The van der Waals surface area contributed by atoms with Crippen molar-refractivity contribution >= 4 is 10.8 Å². The van der Waals surface area contributed by atoms with Crippen LogP contribution in [0.2, 0.25) is 0 Å². The molecule has 0 heterocycles. The second-order valence-corrected chi connectivity index (χ2v) is 4.97. The van der Waals surface area contributed by atoms with Gasteiger partial charge >= 0.3 is 0 Å². The fourth-order valence-electron chi connectivity index (χ4n) is 2.05. The van der Waals surface area contributed by atoms with Crippen molar-refractivity contribution in [2.24, 2.45) is 0 Å². The first kappa shape index (κ1) is 12.9. The zero-order valence-corrected chi connectivity index (χ0v) is 11.4. The van der Waals surface area contributed by atoms with Crippen LogP contribution in [0.4, 0.5) is 0 Å². The summed E-state index contributed by atoms with van der Waals surface area (Å²) in [5, 5.41) is 2.52. The molecule has 0 aliphatic rings. The number of fused-ring (bicyclic) bond motifs is 1. The minimum absolute atomic E-state index is 0.775. The van der Waals surface area contributed by atoms with Gasteiger partial charge in [-0.2, -0.15) is 0 Å². The zero-order chi connectivity index (χ0) is 13.0. The van der Waals surface area contributed by atoms with E-state index < -0.39 is 0 Å². The molecule has 0 unspecified atom stereocenters. The first-order valence-corrected chi connectivity index (χ1v) is 6.44. The Hall–Kier alpha value is -1.54. The Labute approximate surface area is 109 Å². The highest BCUT2D eigenvalue weighted by Gasteiger charge is 2.02. The maximum atomic E-state index is 5.87. The number of hydrogen-bond acceptors (Lipinski definition) is 2. The Kier molecular flexibility index (Phi) is 4.21. The molecule has 2 nitrogen and oxygen atoms in total. The molecule has 0 bridgehead atoms. The highest BCUT2D eigenvalue weighted by Crippen LogP contribution is 2.25. The number of nitrogens with zero attached hydrogens (tertiary/aromatic N) is 1. The van der Waals surface area contributed by atoms with Crippen molar-refractivity contribution in [3.8, 4) is 5.75 Å². The summed E-state index contributed by atoms with van der Waals surface area (Å²) < 4.78 is 5.87. The molecule has 0 amide bonds. The van der Waals surface area contributed by atoms with Crippen LogP contribution in [0.1, 0.15) is 12.0 Å². The summed E-state index contributed by atoms with van der Waals surface area (Å²) in [4.78, 5) is 2.18. The summed E-state index contributed by atoms with van der Waals surface area (Å²) in [6, 6.07) is 12.7. The van der Waals surface area contributed by atoms with Gasteiger partial charge in [-0.3, -0.25) is 0 Å². The van der Waals surface area contributed by atoms with Crippen LogP contribution in [0.3, 0.4) is 0 Å². The Bertz CT molecular complexity index is 519. The van der Waals surface area contributed by atoms with E-state index in [1.165, 1.54) is 16.3 Å². The van der Waals surface area contributed by atoms with E-state index in [1.54, 1.807) is 0 Å². The summed E-state index contributed by atoms with van der Waals surface area (Å²) in [5.74, 6) is 1.01. The highest BCUT2D eigenvalue weighted by atomic mass is 16.5. The smallest absolute Gasteiger partial charge is 0.122 e. The third kappa shape index (κ3) is 3.23. The zero-order valence-electron chi connectivity index (χ0n) is 11.4. The lowest BCUT2D eigenvalue weighted by Crippen LogP contribution is -2.15. The molecule has 0 aromatic heterocycles. The Morgan fingerprint density at radius 3 is 2.39 bits per heavy atom. The van der Waals surface area contributed by atoms with Crippen molar-refractivity contribution in [3.05, 3.63) is 42.0 Å². The van der Waals surface area contributed by atoms with Gasteiger partial charge in [0.05, 0.1) is 6.61 Å². The molecular weight excluding hydrogens is 222 g/mol. The fourth-order valence-corrected chi connectivity index (χ4v) is 2.05. The van der Waals surface area contributed by atoms with Gasteiger partial charge in [-0.1, -0.05) is 24.3 Å². The van der Waals surface area contributed by atoms with E-state index in [-0.39, 0.29) is 0 Å². The number of benzene rings is 2. The van der Waals surface area contributed by atoms with Gasteiger partial charge in [-0.25, -0.2) is 0 Å². The standard InChI is InChI=1S/C16H21NO/c1-13-11-14-7-4-5-8-15(14)12-16(13)18-10-6-9-17(2)3/h4-5,7-8,11-12H,6,9-10H2,1-3H3. The maximum Gasteiger partial charge on any atom is 0.122 e. The molecule has 0 radical (unpaired) electrons. The van der Waals surface area contributed by atoms with Crippen molar-refractivity contribution in [1.29, 1.82) is 0 Å². The van der Waals surface area contributed by atoms with E-state index in [1.807, 2.05) is 0 Å². The monoisotopic (exact) mass is 243 g/mol. The van der Waals surface area contributed by atoms with Crippen LogP contribution in [0.25, 0.3) is 10.8 Å². The first-order valence-electron chi connectivity index (χ1n) is 6.44. The minimum atomic E-state index is 0.775. The van der Waals surface area contributed by atoms with Crippen LogP contribution < -0.4 is 4.74 Å². The highest BCUT2D eigenvalue weighted by molar-refractivity contribution is 5.84. The molecule has 0 fully saturated rings. The lowest BCUT2D eigenvalue weighted by Gasteiger charge is -2.12. The second-order valence-electron chi connectivity index (χ2n) is 4.97. The average Bonchev–Trinajstić information content (AvgIpc) is 2.34. The molecule has 0 aliphatic carbocycles. The van der Waals surface area contributed by atoms with Crippen LogP contribution in [0.15, 0.2) is 36.4 Å². The Morgan fingerprint density at radius 1 is 1.06 bits per heavy atom. The van der Waals surface area contributed by atoms with Gasteiger partial charge in [-0.15, -0.1) is 0 Å². The predicted molar refractivity (Wildman–Crippen MR) is 77.4 cm³/mol. The molecule has 0 saturated heterocycles. The van der Waals surface area contributed by atoms with Gasteiger partial charge in [0, 0.05) is 6.54 Å². The molecule has 0 atom stereocenters. The largest absolute Gasteiger partial charge is 0.493 e.